The van der Waals surface area contributed by atoms with E-state index in [0.717, 1.165) is 32.7 Å². The second kappa shape index (κ2) is 8.32. The number of nitrogens with one attached hydrogen (secondary N) is 1. The van der Waals surface area contributed by atoms with Crippen LogP contribution in [0.5, 0.6) is 0 Å². The molecule has 1 aromatic heterocycles. The number of ether oxygens (including phenoxy) is 1. The third kappa shape index (κ3) is 4.30. The van der Waals surface area contributed by atoms with Gasteiger partial charge in [0.15, 0.2) is 0 Å². The van der Waals surface area contributed by atoms with E-state index < -0.39 is 0 Å². The Morgan fingerprint density at radius 2 is 1.92 bits per heavy atom. The number of rotatable bonds is 6. The Balaban J connectivity index is 1.69. The van der Waals surface area contributed by atoms with Gasteiger partial charge in [-0.25, -0.2) is 0 Å². The molecule has 134 valence electrons. The van der Waals surface area contributed by atoms with Gasteiger partial charge in [0.2, 0.25) is 0 Å². The molecule has 25 heavy (non-hydrogen) atoms. The quantitative estimate of drug-likeness (QED) is 0.878. The Labute approximate surface area is 149 Å². The highest BCUT2D eigenvalue weighted by Crippen LogP contribution is 2.21. The summed E-state index contributed by atoms with van der Waals surface area (Å²) in [5, 5.41) is 3.11. The first kappa shape index (κ1) is 17.7. The van der Waals surface area contributed by atoms with Gasteiger partial charge in [-0.1, -0.05) is 19.1 Å². The normalized spacial score (nSPS) is 16.6. The number of carbonyl (C=O) groups excluding carboxylic acids is 1. The van der Waals surface area contributed by atoms with Gasteiger partial charge < -0.3 is 14.6 Å². The molecule has 1 amide bonds. The van der Waals surface area contributed by atoms with E-state index in [1.807, 2.05) is 43.6 Å². The number of benzene rings is 1. The molecule has 2 heterocycles. The van der Waals surface area contributed by atoms with E-state index in [9.17, 15) is 4.79 Å². The van der Waals surface area contributed by atoms with E-state index in [1.165, 1.54) is 11.3 Å². The average molecular weight is 341 g/mol. The van der Waals surface area contributed by atoms with Gasteiger partial charge in [0, 0.05) is 44.1 Å². The summed E-state index contributed by atoms with van der Waals surface area (Å²) in [6.45, 7) is 5.96. The van der Waals surface area contributed by atoms with Crippen molar-refractivity contribution in [3.63, 3.8) is 0 Å². The van der Waals surface area contributed by atoms with Crippen LogP contribution in [0.4, 0.5) is 0 Å². The number of carbonyl (C=O) groups is 1. The molecule has 0 saturated carbocycles. The zero-order chi connectivity index (χ0) is 17.6. The summed E-state index contributed by atoms with van der Waals surface area (Å²) in [6.07, 6.45) is 3.03. The van der Waals surface area contributed by atoms with Crippen LogP contribution in [-0.2, 0) is 18.2 Å². The summed E-state index contributed by atoms with van der Waals surface area (Å²) in [6, 6.07) is 12.2. The van der Waals surface area contributed by atoms with Gasteiger partial charge in [-0.15, -0.1) is 0 Å². The van der Waals surface area contributed by atoms with Crippen molar-refractivity contribution in [2.24, 2.45) is 7.05 Å². The molecule has 0 spiro atoms. The number of aromatic nitrogens is 1. The highest BCUT2D eigenvalue weighted by atomic mass is 16.5. The molecule has 0 radical (unpaired) electrons. The lowest BCUT2D eigenvalue weighted by atomic mass is 10.1. The maximum Gasteiger partial charge on any atom is 0.251 e. The smallest absolute Gasteiger partial charge is 0.251 e. The third-order valence-electron chi connectivity index (χ3n) is 4.89. The summed E-state index contributed by atoms with van der Waals surface area (Å²) < 4.78 is 7.61. The Hall–Kier alpha value is -2.11. The van der Waals surface area contributed by atoms with Crippen LogP contribution in [0.25, 0.3) is 0 Å². The van der Waals surface area contributed by atoms with Gasteiger partial charge >= 0.3 is 0 Å². The number of morpholine rings is 1. The lowest BCUT2D eigenvalue weighted by Gasteiger charge is -2.35. The van der Waals surface area contributed by atoms with Crippen LogP contribution in [0.3, 0.4) is 0 Å². The molecule has 5 nitrogen and oxygen atoms in total. The van der Waals surface area contributed by atoms with Crippen molar-refractivity contribution in [1.82, 2.24) is 14.8 Å². The molecule has 1 aliphatic rings. The first-order valence-electron chi connectivity index (χ1n) is 8.99. The number of aryl methyl sites for hydroxylation is 2. The molecule has 0 aliphatic carbocycles. The van der Waals surface area contributed by atoms with Crippen LogP contribution in [0, 0.1) is 0 Å². The largest absolute Gasteiger partial charge is 0.379 e. The number of hydrogen-bond acceptors (Lipinski definition) is 3. The van der Waals surface area contributed by atoms with Crippen molar-refractivity contribution >= 4 is 5.91 Å². The fourth-order valence-electron chi connectivity index (χ4n) is 3.31. The molecule has 1 atom stereocenters. The fourth-order valence-corrected chi connectivity index (χ4v) is 3.31. The molecule has 0 bridgehead atoms. The molecule has 1 fully saturated rings. The van der Waals surface area contributed by atoms with Crippen molar-refractivity contribution in [2.75, 3.05) is 32.8 Å². The van der Waals surface area contributed by atoms with Gasteiger partial charge in [0.1, 0.15) is 0 Å². The lowest BCUT2D eigenvalue weighted by Crippen LogP contribution is -2.44. The molecule has 3 rings (SSSR count). The first-order valence-corrected chi connectivity index (χ1v) is 8.99. The number of hydrogen-bond donors (Lipinski definition) is 1. The summed E-state index contributed by atoms with van der Waals surface area (Å²) >= 11 is 0. The summed E-state index contributed by atoms with van der Waals surface area (Å²) in [5.74, 6) is -0.0184. The molecule has 1 aliphatic heterocycles. The molecule has 1 aromatic carbocycles. The monoisotopic (exact) mass is 341 g/mol. The van der Waals surface area contributed by atoms with Gasteiger partial charge in [-0.3, -0.25) is 9.69 Å². The summed E-state index contributed by atoms with van der Waals surface area (Å²) in [5.41, 5.74) is 3.17. The van der Waals surface area contributed by atoms with Crippen molar-refractivity contribution in [3.8, 4) is 0 Å². The van der Waals surface area contributed by atoms with E-state index in [0.29, 0.717) is 12.1 Å². The molecule has 1 N–H and O–H groups in total. The molecule has 2 aromatic rings. The minimum atomic E-state index is -0.0184. The second-order valence-corrected chi connectivity index (χ2v) is 6.47. The van der Waals surface area contributed by atoms with Crippen LogP contribution in [0.1, 0.15) is 34.6 Å². The van der Waals surface area contributed by atoms with Gasteiger partial charge in [-0.05, 0) is 36.2 Å². The molecule has 1 unspecified atom stereocenters. The van der Waals surface area contributed by atoms with E-state index in [2.05, 4.69) is 27.8 Å². The van der Waals surface area contributed by atoms with Crippen LogP contribution in [-0.4, -0.2) is 48.2 Å². The minimum absolute atomic E-state index is 0.0184. The third-order valence-corrected chi connectivity index (χ3v) is 4.89. The standard InChI is InChI=1S/C20H27N3O2/c1-3-16-6-8-17(9-7-16)20(24)21-15-19(18-5-4-10-22(18)2)23-11-13-25-14-12-23/h4-10,19H,3,11-15H2,1-2H3,(H,21,24). The topological polar surface area (TPSA) is 46.5 Å². The first-order chi connectivity index (χ1) is 12.2. The lowest BCUT2D eigenvalue weighted by molar-refractivity contribution is 0.0148. The second-order valence-electron chi connectivity index (χ2n) is 6.47. The molecular weight excluding hydrogens is 314 g/mol. The van der Waals surface area contributed by atoms with Crippen LogP contribution >= 0.6 is 0 Å². The van der Waals surface area contributed by atoms with Crippen molar-refractivity contribution in [1.29, 1.82) is 0 Å². The predicted octanol–water partition coefficient (Wildman–Crippen LogP) is 2.39. The summed E-state index contributed by atoms with van der Waals surface area (Å²) in [4.78, 5) is 14.9. The highest BCUT2D eigenvalue weighted by molar-refractivity contribution is 5.94. The van der Waals surface area contributed by atoms with Crippen molar-refractivity contribution < 1.29 is 9.53 Å². The Bertz CT molecular complexity index is 687. The predicted molar refractivity (Wildman–Crippen MR) is 98.7 cm³/mol. The van der Waals surface area contributed by atoms with E-state index in [1.54, 1.807) is 0 Å². The maximum atomic E-state index is 12.5. The average Bonchev–Trinajstić information content (AvgIpc) is 3.08. The molecule has 5 heteroatoms. The zero-order valence-electron chi connectivity index (χ0n) is 15.1. The molecular formula is C20H27N3O2. The SMILES string of the molecule is CCc1ccc(C(=O)NCC(c2cccn2C)N2CCOCC2)cc1. The number of nitrogens with zero attached hydrogens (tertiary/aromatic N) is 2. The van der Waals surface area contributed by atoms with Crippen LogP contribution in [0.15, 0.2) is 42.6 Å². The van der Waals surface area contributed by atoms with Gasteiger partial charge in [0.05, 0.1) is 19.3 Å². The van der Waals surface area contributed by atoms with Crippen molar-refractivity contribution in [2.45, 2.75) is 19.4 Å². The Morgan fingerprint density at radius 1 is 1.20 bits per heavy atom. The fraction of sp³-hybridized carbons (Fsp3) is 0.450. The van der Waals surface area contributed by atoms with Crippen LogP contribution in [0.2, 0.25) is 0 Å². The maximum absolute atomic E-state index is 12.5. The van der Waals surface area contributed by atoms with Gasteiger partial charge in [-0.2, -0.15) is 0 Å². The number of amides is 1. The summed E-state index contributed by atoms with van der Waals surface area (Å²) in [7, 11) is 2.05. The van der Waals surface area contributed by atoms with E-state index >= 15 is 0 Å². The minimum Gasteiger partial charge on any atom is -0.379 e. The van der Waals surface area contributed by atoms with E-state index in [4.69, 9.17) is 4.74 Å². The van der Waals surface area contributed by atoms with Crippen molar-refractivity contribution in [3.05, 3.63) is 59.4 Å². The highest BCUT2D eigenvalue weighted by Gasteiger charge is 2.25. The van der Waals surface area contributed by atoms with E-state index in [-0.39, 0.29) is 11.9 Å². The zero-order valence-corrected chi connectivity index (χ0v) is 15.1. The van der Waals surface area contributed by atoms with Crippen LogP contribution < -0.4 is 5.32 Å². The Kier molecular flexibility index (Phi) is 5.89. The Morgan fingerprint density at radius 3 is 2.52 bits per heavy atom. The molecule has 1 saturated heterocycles. The van der Waals surface area contributed by atoms with Gasteiger partial charge in [0.25, 0.3) is 5.91 Å².